The van der Waals surface area contributed by atoms with Crippen molar-refractivity contribution in [3.63, 3.8) is 0 Å². The summed E-state index contributed by atoms with van der Waals surface area (Å²) in [5.74, 6) is 0.0347. The lowest BCUT2D eigenvalue weighted by atomic mass is 10.4. The molecule has 1 aromatic heterocycles. The first kappa shape index (κ1) is 10.9. The Kier molecular flexibility index (Phi) is 4.65. The van der Waals surface area contributed by atoms with Gasteiger partial charge in [0.1, 0.15) is 4.60 Å². The van der Waals surface area contributed by atoms with Crippen LogP contribution in [0.5, 0.6) is 0 Å². The molecule has 1 aromatic rings. The first-order chi connectivity index (χ1) is 6.22. The highest BCUT2D eigenvalue weighted by molar-refractivity contribution is 14.1. The van der Waals surface area contributed by atoms with Gasteiger partial charge in [-0.05, 0) is 28.1 Å². The van der Waals surface area contributed by atoms with Gasteiger partial charge in [0.2, 0.25) is 5.91 Å². The number of aromatic nitrogens is 1. The van der Waals surface area contributed by atoms with E-state index in [1.807, 2.05) is 0 Å². The van der Waals surface area contributed by atoms with Crippen molar-refractivity contribution in [1.29, 1.82) is 0 Å². The van der Waals surface area contributed by atoms with Crippen molar-refractivity contribution in [2.75, 3.05) is 9.74 Å². The van der Waals surface area contributed by atoms with Crippen molar-refractivity contribution in [3.05, 3.63) is 22.9 Å². The minimum atomic E-state index is 0.0347. The van der Waals surface area contributed by atoms with Gasteiger partial charge in [0.15, 0.2) is 0 Å². The second kappa shape index (κ2) is 5.54. The molecule has 0 unspecified atom stereocenters. The number of rotatable bonds is 3. The molecule has 0 fully saturated rings. The molecule has 1 rings (SSSR count). The molecular formula is C8H8BrIN2O. The van der Waals surface area contributed by atoms with Crippen LogP contribution in [0, 0.1) is 0 Å². The van der Waals surface area contributed by atoms with E-state index < -0.39 is 0 Å². The Hall–Kier alpha value is -0.170. The molecular weight excluding hydrogens is 347 g/mol. The summed E-state index contributed by atoms with van der Waals surface area (Å²) in [4.78, 5) is 15.1. The topological polar surface area (TPSA) is 42.0 Å². The molecule has 3 nitrogen and oxygen atoms in total. The molecule has 5 heteroatoms. The van der Waals surface area contributed by atoms with Crippen LogP contribution < -0.4 is 5.32 Å². The van der Waals surface area contributed by atoms with Crippen LogP contribution in [0.15, 0.2) is 22.9 Å². The SMILES string of the molecule is O=C(CCI)Nc1ccnc(Br)c1. The van der Waals surface area contributed by atoms with Gasteiger partial charge in [-0.15, -0.1) is 0 Å². The Balaban J connectivity index is 2.58. The van der Waals surface area contributed by atoms with E-state index in [2.05, 4.69) is 48.8 Å². The normalized spacial score (nSPS) is 9.69. The zero-order valence-electron chi connectivity index (χ0n) is 6.76. The Morgan fingerprint density at radius 3 is 3.08 bits per heavy atom. The van der Waals surface area contributed by atoms with Crippen molar-refractivity contribution in [2.45, 2.75) is 6.42 Å². The average molecular weight is 355 g/mol. The molecule has 1 amide bonds. The van der Waals surface area contributed by atoms with Gasteiger partial charge in [-0.2, -0.15) is 0 Å². The third-order valence-corrected chi connectivity index (χ3v) is 2.30. The summed E-state index contributed by atoms with van der Waals surface area (Å²) in [5.41, 5.74) is 0.775. The van der Waals surface area contributed by atoms with Crippen LogP contribution >= 0.6 is 38.5 Å². The van der Waals surface area contributed by atoms with Crippen LogP contribution in [0.3, 0.4) is 0 Å². The number of nitrogens with one attached hydrogen (secondary N) is 1. The molecule has 0 aliphatic heterocycles. The van der Waals surface area contributed by atoms with E-state index in [9.17, 15) is 4.79 Å². The molecule has 0 spiro atoms. The summed E-state index contributed by atoms with van der Waals surface area (Å²) in [6, 6.07) is 3.53. The summed E-state index contributed by atoms with van der Waals surface area (Å²) >= 11 is 5.40. The maximum Gasteiger partial charge on any atom is 0.225 e. The number of amides is 1. The number of nitrogens with zero attached hydrogens (tertiary/aromatic N) is 1. The standard InChI is InChI=1S/C8H8BrIN2O/c9-7-5-6(2-4-11-7)12-8(13)1-3-10/h2,4-5H,1,3H2,(H,11,12,13). The van der Waals surface area contributed by atoms with E-state index in [4.69, 9.17) is 0 Å². The monoisotopic (exact) mass is 354 g/mol. The lowest BCUT2D eigenvalue weighted by Gasteiger charge is -2.02. The zero-order valence-corrected chi connectivity index (χ0v) is 10.5. The predicted octanol–water partition coefficient (Wildman–Crippen LogP) is 2.61. The number of alkyl halides is 1. The van der Waals surface area contributed by atoms with E-state index in [0.717, 1.165) is 14.7 Å². The quantitative estimate of drug-likeness (QED) is 0.515. The Labute approximate surface area is 98.6 Å². The fourth-order valence-electron chi connectivity index (χ4n) is 0.790. The number of hydrogen-bond donors (Lipinski definition) is 1. The molecule has 0 saturated carbocycles. The van der Waals surface area contributed by atoms with Crippen molar-refractivity contribution >= 4 is 50.1 Å². The Bertz CT molecular complexity index is 306. The fourth-order valence-corrected chi connectivity index (χ4v) is 1.64. The number of pyridine rings is 1. The van der Waals surface area contributed by atoms with Crippen molar-refractivity contribution < 1.29 is 4.79 Å². The summed E-state index contributed by atoms with van der Waals surface area (Å²) in [6.45, 7) is 0. The first-order valence-corrected chi connectivity index (χ1v) is 6.01. The van der Waals surface area contributed by atoms with Crippen LogP contribution in [-0.2, 0) is 4.79 Å². The van der Waals surface area contributed by atoms with Gasteiger partial charge in [0, 0.05) is 22.7 Å². The van der Waals surface area contributed by atoms with Gasteiger partial charge >= 0.3 is 0 Å². The molecule has 0 atom stereocenters. The molecule has 0 aromatic carbocycles. The van der Waals surface area contributed by atoms with Crippen LogP contribution in [0.2, 0.25) is 0 Å². The Morgan fingerprint density at radius 1 is 1.69 bits per heavy atom. The third kappa shape index (κ3) is 4.04. The number of hydrogen-bond acceptors (Lipinski definition) is 2. The highest BCUT2D eigenvalue weighted by Gasteiger charge is 2.00. The first-order valence-electron chi connectivity index (χ1n) is 3.70. The highest BCUT2D eigenvalue weighted by Crippen LogP contribution is 2.12. The lowest BCUT2D eigenvalue weighted by Crippen LogP contribution is -2.11. The molecule has 0 aliphatic carbocycles. The summed E-state index contributed by atoms with van der Waals surface area (Å²) in [7, 11) is 0. The fraction of sp³-hybridized carbons (Fsp3) is 0.250. The number of anilines is 1. The summed E-state index contributed by atoms with van der Waals surface area (Å²) in [5, 5.41) is 2.77. The minimum Gasteiger partial charge on any atom is -0.326 e. The van der Waals surface area contributed by atoms with Gasteiger partial charge in [-0.25, -0.2) is 4.98 Å². The van der Waals surface area contributed by atoms with Crippen molar-refractivity contribution in [1.82, 2.24) is 4.98 Å². The third-order valence-electron chi connectivity index (χ3n) is 1.33. The molecule has 70 valence electrons. The van der Waals surface area contributed by atoms with Crippen LogP contribution in [0.25, 0.3) is 0 Å². The van der Waals surface area contributed by atoms with E-state index in [0.29, 0.717) is 6.42 Å². The lowest BCUT2D eigenvalue weighted by molar-refractivity contribution is -0.115. The van der Waals surface area contributed by atoms with Gasteiger partial charge in [-0.3, -0.25) is 4.79 Å². The maximum atomic E-state index is 11.2. The van der Waals surface area contributed by atoms with E-state index in [1.54, 1.807) is 18.3 Å². The van der Waals surface area contributed by atoms with Crippen molar-refractivity contribution in [2.24, 2.45) is 0 Å². The molecule has 1 N–H and O–H groups in total. The highest BCUT2D eigenvalue weighted by atomic mass is 127. The molecule has 13 heavy (non-hydrogen) atoms. The maximum absolute atomic E-state index is 11.2. The van der Waals surface area contributed by atoms with Crippen LogP contribution in [0.4, 0.5) is 5.69 Å². The molecule has 0 bridgehead atoms. The Morgan fingerprint density at radius 2 is 2.46 bits per heavy atom. The van der Waals surface area contributed by atoms with E-state index >= 15 is 0 Å². The molecule has 1 heterocycles. The molecule has 0 radical (unpaired) electrons. The molecule has 0 aliphatic rings. The van der Waals surface area contributed by atoms with Gasteiger partial charge in [-0.1, -0.05) is 22.6 Å². The van der Waals surface area contributed by atoms with Gasteiger partial charge < -0.3 is 5.32 Å². The minimum absolute atomic E-state index is 0.0347. The summed E-state index contributed by atoms with van der Waals surface area (Å²) in [6.07, 6.45) is 2.18. The smallest absolute Gasteiger partial charge is 0.225 e. The molecule has 0 saturated heterocycles. The second-order valence-electron chi connectivity index (χ2n) is 2.35. The number of carbonyl (C=O) groups excluding carboxylic acids is 1. The van der Waals surface area contributed by atoms with Crippen LogP contribution in [0.1, 0.15) is 6.42 Å². The zero-order chi connectivity index (χ0) is 9.68. The second-order valence-corrected chi connectivity index (χ2v) is 4.25. The van der Waals surface area contributed by atoms with Crippen LogP contribution in [-0.4, -0.2) is 15.3 Å². The van der Waals surface area contributed by atoms with E-state index in [-0.39, 0.29) is 5.91 Å². The van der Waals surface area contributed by atoms with Gasteiger partial charge in [0.25, 0.3) is 0 Å². The average Bonchev–Trinajstić information content (AvgIpc) is 2.04. The summed E-state index contributed by atoms with van der Waals surface area (Å²) < 4.78 is 1.55. The largest absolute Gasteiger partial charge is 0.326 e. The van der Waals surface area contributed by atoms with Gasteiger partial charge in [0.05, 0.1) is 0 Å². The predicted molar refractivity (Wildman–Crippen MR) is 64.1 cm³/mol. The number of carbonyl (C=O) groups is 1. The van der Waals surface area contributed by atoms with E-state index in [1.165, 1.54) is 0 Å². The number of halogens is 2. The van der Waals surface area contributed by atoms with Crippen molar-refractivity contribution in [3.8, 4) is 0 Å².